The zero-order valence-electron chi connectivity index (χ0n) is 16.0. The van der Waals surface area contributed by atoms with E-state index in [1.165, 1.54) is 35.4 Å². The van der Waals surface area contributed by atoms with Crippen molar-refractivity contribution >= 4 is 40.0 Å². The molecule has 0 aliphatic rings. The number of carbonyl (C=O) groups excluding carboxylic acids is 1. The van der Waals surface area contributed by atoms with Crippen LogP contribution in [0.2, 0.25) is 0 Å². The lowest BCUT2D eigenvalue weighted by molar-refractivity contribution is 0.0980. The Kier molecular flexibility index (Phi) is 6.86. The summed E-state index contributed by atoms with van der Waals surface area (Å²) in [6.07, 6.45) is 2.46. The summed E-state index contributed by atoms with van der Waals surface area (Å²) in [4.78, 5) is 19.7. The van der Waals surface area contributed by atoms with Crippen LogP contribution in [0.3, 0.4) is 0 Å². The first-order valence-electron chi connectivity index (χ1n) is 8.84. The third-order valence-corrected chi connectivity index (χ3v) is 5.65. The maximum atomic E-state index is 13.2. The van der Waals surface area contributed by atoms with Gasteiger partial charge in [0, 0.05) is 23.4 Å². The fourth-order valence-electron chi connectivity index (χ4n) is 2.79. The van der Waals surface area contributed by atoms with E-state index in [2.05, 4.69) is 15.8 Å². The van der Waals surface area contributed by atoms with E-state index < -0.39 is 0 Å². The molecule has 2 aromatic carbocycles. The molecule has 0 atom stereocenters. The zero-order valence-corrected chi connectivity index (χ0v) is 17.6. The third-order valence-electron chi connectivity index (χ3n) is 4.27. The fraction of sp³-hybridized carbons (Fsp3) is 0.190. The Morgan fingerprint density at radius 1 is 1.24 bits per heavy atom. The highest BCUT2D eigenvalue weighted by atomic mass is 32.2. The van der Waals surface area contributed by atoms with E-state index in [0.717, 1.165) is 16.1 Å². The summed E-state index contributed by atoms with van der Waals surface area (Å²) >= 11 is 2.67. The van der Waals surface area contributed by atoms with Gasteiger partial charge in [0.15, 0.2) is 5.13 Å². The molecule has 148 valence electrons. The molecule has 1 heterocycles. The minimum absolute atomic E-state index is 0.226. The fourth-order valence-corrected chi connectivity index (χ4v) is 4.03. The SMILES string of the molecule is CSNC(=O)c1nc(N(CCc2ccc(F)cc2)c2ccc(C#N)cc2)sc1C. The maximum absolute atomic E-state index is 13.2. The zero-order chi connectivity index (χ0) is 20.8. The number of nitrogens with one attached hydrogen (secondary N) is 1. The van der Waals surface area contributed by atoms with Gasteiger partial charge in [-0.3, -0.25) is 9.52 Å². The van der Waals surface area contributed by atoms with Gasteiger partial charge < -0.3 is 4.90 Å². The van der Waals surface area contributed by atoms with Gasteiger partial charge in [0.05, 0.1) is 11.6 Å². The topological polar surface area (TPSA) is 69.0 Å². The monoisotopic (exact) mass is 426 g/mol. The molecule has 1 aromatic heterocycles. The molecule has 5 nitrogen and oxygen atoms in total. The molecule has 1 N–H and O–H groups in total. The van der Waals surface area contributed by atoms with E-state index in [1.807, 2.05) is 24.0 Å². The Morgan fingerprint density at radius 3 is 2.55 bits per heavy atom. The van der Waals surface area contributed by atoms with Gasteiger partial charge >= 0.3 is 0 Å². The van der Waals surface area contributed by atoms with Crippen molar-refractivity contribution in [2.45, 2.75) is 13.3 Å². The van der Waals surface area contributed by atoms with Crippen LogP contribution in [-0.4, -0.2) is 23.7 Å². The second-order valence-corrected chi connectivity index (χ2v) is 8.02. The smallest absolute Gasteiger partial charge is 0.280 e. The highest BCUT2D eigenvalue weighted by Gasteiger charge is 2.20. The van der Waals surface area contributed by atoms with Gasteiger partial charge in [0.1, 0.15) is 11.5 Å². The third kappa shape index (κ3) is 5.13. The number of anilines is 2. The molecule has 29 heavy (non-hydrogen) atoms. The largest absolute Gasteiger partial charge is 0.317 e. The summed E-state index contributed by atoms with van der Waals surface area (Å²) in [6, 6.07) is 15.8. The van der Waals surface area contributed by atoms with Crippen LogP contribution in [0.4, 0.5) is 15.2 Å². The molecule has 0 fully saturated rings. The minimum Gasteiger partial charge on any atom is -0.317 e. The lowest BCUT2D eigenvalue weighted by Gasteiger charge is -2.22. The number of carbonyl (C=O) groups is 1. The Balaban J connectivity index is 1.91. The Labute approximate surface area is 177 Å². The van der Waals surface area contributed by atoms with Crippen molar-refractivity contribution in [3.8, 4) is 6.07 Å². The predicted molar refractivity (Wildman–Crippen MR) is 116 cm³/mol. The first kappa shape index (κ1) is 20.8. The van der Waals surface area contributed by atoms with Crippen LogP contribution in [0.5, 0.6) is 0 Å². The van der Waals surface area contributed by atoms with Crippen LogP contribution in [0.1, 0.15) is 26.5 Å². The van der Waals surface area contributed by atoms with Crippen molar-refractivity contribution in [2.75, 3.05) is 17.7 Å². The van der Waals surface area contributed by atoms with Gasteiger partial charge in [-0.2, -0.15) is 5.26 Å². The van der Waals surface area contributed by atoms with E-state index in [1.54, 1.807) is 30.5 Å². The summed E-state index contributed by atoms with van der Waals surface area (Å²) in [5.41, 5.74) is 2.85. The number of thiazole rings is 1. The lowest BCUT2D eigenvalue weighted by atomic mass is 10.1. The average Bonchev–Trinajstić information content (AvgIpc) is 3.11. The number of aromatic nitrogens is 1. The van der Waals surface area contributed by atoms with Crippen molar-refractivity contribution in [2.24, 2.45) is 0 Å². The van der Waals surface area contributed by atoms with E-state index in [0.29, 0.717) is 29.4 Å². The number of aryl methyl sites for hydroxylation is 1. The number of benzene rings is 2. The van der Waals surface area contributed by atoms with Gasteiger partial charge in [0.25, 0.3) is 5.91 Å². The summed E-state index contributed by atoms with van der Waals surface area (Å²) in [5, 5.41) is 9.75. The lowest BCUT2D eigenvalue weighted by Crippen LogP contribution is -2.21. The van der Waals surface area contributed by atoms with Crippen LogP contribution in [0.25, 0.3) is 0 Å². The van der Waals surface area contributed by atoms with Crippen LogP contribution in [-0.2, 0) is 6.42 Å². The van der Waals surface area contributed by atoms with Crippen LogP contribution >= 0.6 is 23.3 Å². The second-order valence-electron chi connectivity index (χ2n) is 6.22. The first-order chi connectivity index (χ1) is 14.0. The van der Waals surface area contributed by atoms with E-state index in [4.69, 9.17) is 5.26 Å². The van der Waals surface area contributed by atoms with Crippen molar-refractivity contribution in [1.82, 2.24) is 9.71 Å². The molecule has 0 aliphatic carbocycles. The summed E-state index contributed by atoms with van der Waals surface area (Å²) in [7, 11) is 0. The standard InChI is InChI=1S/C21H19FN4OS2/c1-14-19(20(27)25-28-2)24-21(29-14)26(18-9-5-16(13-23)6-10-18)12-11-15-3-7-17(22)8-4-15/h3-10H,11-12H2,1-2H3,(H,25,27). The van der Waals surface area contributed by atoms with Crippen molar-refractivity contribution in [3.63, 3.8) is 0 Å². The van der Waals surface area contributed by atoms with Crippen molar-refractivity contribution < 1.29 is 9.18 Å². The van der Waals surface area contributed by atoms with E-state index in [9.17, 15) is 9.18 Å². The van der Waals surface area contributed by atoms with Crippen LogP contribution in [0, 0.1) is 24.1 Å². The van der Waals surface area contributed by atoms with Gasteiger partial charge in [-0.25, -0.2) is 9.37 Å². The Morgan fingerprint density at radius 2 is 1.93 bits per heavy atom. The minimum atomic E-state index is -0.266. The molecule has 0 unspecified atom stereocenters. The van der Waals surface area contributed by atoms with E-state index >= 15 is 0 Å². The number of nitriles is 1. The summed E-state index contributed by atoms with van der Waals surface area (Å²) in [5.74, 6) is -0.492. The molecule has 0 saturated carbocycles. The highest BCUT2D eigenvalue weighted by Crippen LogP contribution is 2.32. The molecule has 0 spiro atoms. The molecular weight excluding hydrogens is 407 g/mol. The van der Waals surface area contributed by atoms with Gasteiger partial charge in [0.2, 0.25) is 0 Å². The number of hydrogen-bond donors (Lipinski definition) is 1. The number of amides is 1. The first-order valence-corrected chi connectivity index (χ1v) is 10.9. The molecular formula is C21H19FN4OS2. The number of halogens is 1. The van der Waals surface area contributed by atoms with Crippen LogP contribution in [0.15, 0.2) is 48.5 Å². The normalized spacial score (nSPS) is 10.4. The van der Waals surface area contributed by atoms with E-state index in [-0.39, 0.29) is 11.7 Å². The van der Waals surface area contributed by atoms with Gasteiger partial charge in [-0.15, -0.1) is 11.3 Å². The van der Waals surface area contributed by atoms with Crippen molar-refractivity contribution in [3.05, 3.63) is 76.0 Å². The van der Waals surface area contributed by atoms with Crippen molar-refractivity contribution in [1.29, 1.82) is 5.26 Å². The van der Waals surface area contributed by atoms with Gasteiger partial charge in [-0.05, 0) is 55.3 Å². The molecule has 8 heteroatoms. The second kappa shape index (κ2) is 9.54. The molecule has 3 rings (SSSR count). The maximum Gasteiger partial charge on any atom is 0.280 e. The molecule has 0 bridgehead atoms. The quantitative estimate of drug-likeness (QED) is 0.547. The molecule has 1 amide bonds. The number of hydrogen-bond acceptors (Lipinski definition) is 6. The average molecular weight is 427 g/mol. The van der Waals surface area contributed by atoms with Crippen LogP contribution < -0.4 is 9.62 Å². The molecule has 3 aromatic rings. The highest BCUT2D eigenvalue weighted by molar-refractivity contribution is 7.97. The number of nitrogens with zero attached hydrogens (tertiary/aromatic N) is 3. The Bertz CT molecular complexity index is 1030. The summed E-state index contributed by atoms with van der Waals surface area (Å²) in [6.45, 7) is 2.46. The van der Waals surface area contributed by atoms with Gasteiger partial charge in [-0.1, -0.05) is 24.1 Å². The molecule has 0 radical (unpaired) electrons. The molecule has 0 aliphatic heterocycles. The summed E-state index contributed by atoms with van der Waals surface area (Å²) < 4.78 is 15.9. The molecule has 0 saturated heterocycles. The Hall–Kier alpha value is -2.89. The number of rotatable bonds is 7. The predicted octanol–water partition coefficient (Wildman–Crippen LogP) is 4.85.